The lowest BCUT2D eigenvalue weighted by atomic mass is 10.3. The summed E-state index contributed by atoms with van der Waals surface area (Å²) in [5.41, 5.74) is 0. The molecule has 0 N–H and O–H groups in total. The van der Waals surface area contributed by atoms with Gasteiger partial charge in [-0.05, 0) is 18.4 Å². The standard InChI is InChI=1S/C5H5ClOS/c1-5(6)4(7)2-3-8-5/h2-3H,1H3. The molecule has 0 fully saturated rings. The maximum atomic E-state index is 10.7. The maximum absolute atomic E-state index is 10.7. The van der Waals surface area contributed by atoms with Crippen LogP contribution in [0.2, 0.25) is 0 Å². The summed E-state index contributed by atoms with van der Waals surface area (Å²) in [6.07, 6.45) is 1.50. The Hall–Kier alpha value is 0.0500. The van der Waals surface area contributed by atoms with Crippen LogP contribution < -0.4 is 0 Å². The molecule has 3 heteroatoms. The number of hydrogen-bond donors (Lipinski definition) is 0. The second-order valence-electron chi connectivity index (χ2n) is 1.70. The van der Waals surface area contributed by atoms with Gasteiger partial charge in [-0.2, -0.15) is 0 Å². The van der Waals surface area contributed by atoms with E-state index in [0.717, 1.165) is 0 Å². The number of rotatable bonds is 0. The van der Waals surface area contributed by atoms with Crippen LogP contribution in [0.25, 0.3) is 0 Å². The summed E-state index contributed by atoms with van der Waals surface area (Å²) >= 11 is 7.01. The van der Waals surface area contributed by atoms with Crippen molar-refractivity contribution in [1.82, 2.24) is 0 Å². The minimum atomic E-state index is -0.708. The van der Waals surface area contributed by atoms with Gasteiger partial charge in [-0.1, -0.05) is 11.6 Å². The molecule has 0 aromatic carbocycles. The summed E-state index contributed by atoms with van der Waals surface area (Å²) in [7, 11) is 0. The zero-order valence-corrected chi connectivity index (χ0v) is 5.92. The lowest BCUT2D eigenvalue weighted by Crippen LogP contribution is -2.17. The minimum Gasteiger partial charge on any atom is -0.292 e. The van der Waals surface area contributed by atoms with Gasteiger partial charge in [-0.15, -0.1) is 11.8 Å². The number of halogens is 1. The van der Waals surface area contributed by atoms with Gasteiger partial charge in [0.1, 0.15) is 0 Å². The van der Waals surface area contributed by atoms with Crippen molar-refractivity contribution in [3.05, 3.63) is 11.5 Å². The van der Waals surface area contributed by atoms with Crippen molar-refractivity contribution in [2.45, 2.75) is 11.1 Å². The fourth-order valence-corrected chi connectivity index (χ4v) is 1.28. The number of alkyl halides is 1. The van der Waals surface area contributed by atoms with Gasteiger partial charge in [0, 0.05) is 0 Å². The van der Waals surface area contributed by atoms with Gasteiger partial charge in [0.05, 0.1) is 0 Å². The zero-order valence-electron chi connectivity index (χ0n) is 4.35. The molecule has 1 rings (SSSR count). The third-order valence-corrected chi connectivity index (χ3v) is 2.32. The molecule has 0 saturated carbocycles. The molecule has 0 aliphatic carbocycles. The molecule has 1 aliphatic rings. The number of ketones is 1. The quantitative estimate of drug-likeness (QED) is 0.487. The van der Waals surface area contributed by atoms with Crippen LogP contribution in [0.1, 0.15) is 6.92 Å². The fraction of sp³-hybridized carbons (Fsp3) is 0.400. The largest absolute Gasteiger partial charge is 0.292 e. The Bertz CT molecular complexity index is 151. The Morgan fingerprint density at radius 3 is 2.62 bits per heavy atom. The Balaban J connectivity index is 2.79. The molecule has 1 heterocycles. The lowest BCUT2D eigenvalue weighted by molar-refractivity contribution is -0.114. The van der Waals surface area contributed by atoms with E-state index in [1.165, 1.54) is 17.8 Å². The van der Waals surface area contributed by atoms with Crippen molar-refractivity contribution in [3.63, 3.8) is 0 Å². The minimum absolute atomic E-state index is 0.0100. The molecule has 0 bridgehead atoms. The van der Waals surface area contributed by atoms with Crippen molar-refractivity contribution < 1.29 is 4.79 Å². The van der Waals surface area contributed by atoms with E-state index in [2.05, 4.69) is 0 Å². The first kappa shape index (κ1) is 6.17. The molecule has 0 amide bonds. The third-order valence-electron chi connectivity index (χ3n) is 0.949. The van der Waals surface area contributed by atoms with Crippen LogP contribution in [-0.4, -0.2) is 9.99 Å². The first-order valence-corrected chi connectivity index (χ1v) is 3.46. The van der Waals surface area contributed by atoms with Crippen molar-refractivity contribution in [1.29, 1.82) is 0 Å². The van der Waals surface area contributed by atoms with Crippen LogP contribution >= 0.6 is 23.4 Å². The van der Waals surface area contributed by atoms with Gasteiger partial charge in [0.25, 0.3) is 0 Å². The molecule has 0 aromatic rings. The number of thioether (sulfide) groups is 1. The highest BCUT2D eigenvalue weighted by Gasteiger charge is 2.31. The van der Waals surface area contributed by atoms with Crippen molar-refractivity contribution in [2.75, 3.05) is 0 Å². The number of allylic oxidation sites excluding steroid dienone is 1. The molecule has 0 saturated heterocycles. The lowest BCUT2D eigenvalue weighted by Gasteiger charge is -2.08. The molecular weight excluding hydrogens is 144 g/mol. The average molecular weight is 149 g/mol. The SMILES string of the molecule is CC1(Cl)SC=CC1=O. The molecular formula is C5H5ClOS. The summed E-state index contributed by atoms with van der Waals surface area (Å²) in [6, 6.07) is 0. The molecule has 0 radical (unpaired) electrons. The van der Waals surface area contributed by atoms with E-state index in [0.29, 0.717) is 0 Å². The van der Waals surface area contributed by atoms with Gasteiger partial charge >= 0.3 is 0 Å². The smallest absolute Gasteiger partial charge is 0.187 e. The molecule has 1 atom stereocenters. The first-order valence-electron chi connectivity index (χ1n) is 2.20. The molecule has 44 valence electrons. The molecule has 8 heavy (non-hydrogen) atoms. The summed E-state index contributed by atoms with van der Waals surface area (Å²) in [5.74, 6) is -0.0100. The summed E-state index contributed by atoms with van der Waals surface area (Å²) in [6.45, 7) is 1.70. The Morgan fingerprint density at radius 1 is 1.88 bits per heavy atom. The topological polar surface area (TPSA) is 17.1 Å². The van der Waals surface area contributed by atoms with Gasteiger partial charge in [-0.3, -0.25) is 4.79 Å². The van der Waals surface area contributed by atoms with Crippen LogP contribution in [-0.2, 0) is 4.79 Å². The van der Waals surface area contributed by atoms with Gasteiger partial charge in [-0.25, -0.2) is 0 Å². The van der Waals surface area contributed by atoms with E-state index in [1.54, 1.807) is 12.3 Å². The first-order chi connectivity index (χ1) is 3.63. The Labute approximate surface area is 57.1 Å². The fourth-order valence-electron chi connectivity index (χ4n) is 0.431. The van der Waals surface area contributed by atoms with Crippen molar-refractivity contribution in [2.24, 2.45) is 0 Å². The van der Waals surface area contributed by atoms with Crippen LogP contribution in [0.5, 0.6) is 0 Å². The number of hydrogen-bond acceptors (Lipinski definition) is 2. The van der Waals surface area contributed by atoms with Gasteiger partial charge in [0.2, 0.25) is 0 Å². The zero-order chi connectivity index (χ0) is 6.20. The van der Waals surface area contributed by atoms with Crippen LogP contribution in [0.15, 0.2) is 11.5 Å². The Kier molecular flexibility index (Phi) is 1.37. The summed E-state index contributed by atoms with van der Waals surface area (Å²) < 4.78 is -0.708. The van der Waals surface area contributed by atoms with E-state index >= 15 is 0 Å². The summed E-state index contributed by atoms with van der Waals surface area (Å²) in [4.78, 5) is 10.7. The van der Waals surface area contributed by atoms with Crippen LogP contribution in [0.4, 0.5) is 0 Å². The molecule has 1 aliphatic heterocycles. The predicted octanol–water partition coefficient (Wildman–Crippen LogP) is 1.77. The normalized spacial score (nSPS) is 36.5. The van der Waals surface area contributed by atoms with Crippen LogP contribution in [0, 0.1) is 0 Å². The molecule has 1 unspecified atom stereocenters. The van der Waals surface area contributed by atoms with E-state index in [9.17, 15) is 4.79 Å². The second-order valence-corrected chi connectivity index (χ2v) is 4.01. The van der Waals surface area contributed by atoms with Gasteiger partial charge < -0.3 is 0 Å². The predicted molar refractivity (Wildman–Crippen MR) is 36.0 cm³/mol. The van der Waals surface area contributed by atoms with E-state index < -0.39 is 4.21 Å². The Morgan fingerprint density at radius 2 is 2.50 bits per heavy atom. The van der Waals surface area contributed by atoms with E-state index in [-0.39, 0.29) is 5.78 Å². The van der Waals surface area contributed by atoms with E-state index in [1.807, 2.05) is 0 Å². The molecule has 0 spiro atoms. The highest BCUT2D eigenvalue weighted by Crippen LogP contribution is 2.36. The second kappa shape index (κ2) is 1.78. The van der Waals surface area contributed by atoms with Crippen molar-refractivity contribution >= 4 is 29.1 Å². The highest BCUT2D eigenvalue weighted by atomic mass is 35.5. The number of carbonyl (C=O) groups excluding carboxylic acids is 1. The number of carbonyl (C=O) groups is 1. The van der Waals surface area contributed by atoms with E-state index in [4.69, 9.17) is 11.6 Å². The third kappa shape index (κ3) is 0.906. The highest BCUT2D eigenvalue weighted by molar-refractivity contribution is 8.06. The monoisotopic (exact) mass is 148 g/mol. The van der Waals surface area contributed by atoms with Gasteiger partial charge in [0.15, 0.2) is 9.99 Å². The maximum Gasteiger partial charge on any atom is 0.187 e. The molecule has 1 nitrogen and oxygen atoms in total. The van der Waals surface area contributed by atoms with Crippen LogP contribution in [0.3, 0.4) is 0 Å². The van der Waals surface area contributed by atoms with Crippen molar-refractivity contribution in [3.8, 4) is 0 Å². The summed E-state index contributed by atoms with van der Waals surface area (Å²) in [5, 5.41) is 1.72. The average Bonchev–Trinajstić information content (AvgIpc) is 1.86. The molecule has 0 aromatic heterocycles.